The first kappa shape index (κ1) is 18.8. The van der Waals surface area contributed by atoms with Gasteiger partial charge in [0.1, 0.15) is 11.9 Å². The monoisotopic (exact) mass is 406 g/mol. The highest BCUT2D eigenvalue weighted by molar-refractivity contribution is 6.36. The fraction of sp³-hybridized carbons (Fsp3) is 0.375. The van der Waals surface area contributed by atoms with Gasteiger partial charge in [-0.3, -0.25) is 4.79 Å². The Morgan fingerprint density at radius 1 is 1.31 bits per heavy atom. The van der Waals surface area contributed by atoms with E-state index in [-0.39, 0.29) is 24.8 Å². The maximum Gasteiger partial charge on any atom is 0.434 e. The number of aromatic nitrogens is 2. The Labute approximate surface area is 157 Å². The summed E-state index contributed by atoms with van der Waals surface area (Å²) in [5.41, 5.74) is -0.393. The van der Waals surface area contributed by atoms with E-state index in [2.05, 4.69) is 10.3 Å². The Morgan fingerprint density at radius 3 is 2.69 bits per heavy atom. The fourth-order valence-corrected chi connectivity index (χ4v) is 3.22. The van der Waals surface area contributed by atoms with E-state index in [0.717, 1.165) is 6.20 Å². The number of alkyl halides is 3. The fourth-order valence-electron chi connectivity index (χ4n) is 2.75. The number of nitrogens with zero attached hydrogens (tertiary/aromatic N) is 3. The highest BCUT2D eigenvalue weighted by Crippen LogP contribution is 2.30. The number of imidazole rings is 1. The maximum absolute atomic E-state index is 12.8. The first-order valence-electron chi connectivity index (χ1n) is 7.79. The van der Waals surface area contributed by atoms with Gasteiger partial charge in [-0.1, -0.05) is 23.2 Å². The summed E-state index contributed by atoms with van der Waals surface area (Å²) in [4.78, 5) is 17.7. The number of carbonyl (C=O) groups is 1. The van der Waals surface area contributed by atoms with Crippen LogP contribution in [0.3, 0.4) is 0 Å². The summed E-state index contributed by atoms with van der Waals surface area (Å²) in [5, 5.41) is 3.85. The van der Waals surface area contributed by atoms with Crippen LogP contribution in [0.2, 0.25) is 10.0 Å². The van der Waals surface area contributed by atoms with Crippen molar-refractivity contribution >= 4 is 34.8 Å². The largest absolute Gasteiger partial charge is 0.434 e. The van der Waals surface area contributed by atoms with E-state index in [0.29, 0.717) is 22.3 Å². The van der Waals surface area contributed by atoms with E-state index < -0.39 is 17.9 Å². The molecule has 1 aliphatic heterocycles. The van der Waals surface area contributed by atoms with Gasteiger partial charge < -0.3 is 14.8 Å². The molecule has 5 nitrogen and oxygen atoms in total. The number of rotatable bonds is 3. The molecule has 0 fully saturated rings. The lowest BCUT2D eigenvalue weighted by molar-refractivity contribution is -0.141. The van der Waals surface area contributed by atoms with Crippen molar-refractivity contribution in [3.63, 3.8) is 0 Å². The van der Waals surface area contributed by atoms with Gasteiger partial charge in [0.2, 0.25) is 5.91 Å². The maximum atomic E-state index is 12.8. The summed E-state index contributed by atoms with van der Waals surface area (Å²) in [5.74, 6) is -0.0347. The Morgan fingerprint density at radius 2 is 2.04 bits per heavy atom. The Bertz CT molecular complexity index is 837. The van der Waals surface area contributed by atoms with Gasteiger partial charge in [-0.15, -0.1) is 0 Å². The van der Waals surface area contributed by atoms with Crippen LogP contribution in [0.15, 0.2) is 24.4 Å². The van der Waals surface area contributed by atoms with Gasteiger partial charge in [-0.05, 0) is 25.1 Å². The lowest BCUT2D eigenvalue weighted by Crippen LogP contribution is -2.45. The van der Waals surface area contributed by atoms with E-state index in [1.54, 1.807) is 25.1 Å². The molecule has 1 atom stereocenters. The molecule has 1 N–H and O–H groups in total. The van der Waals surface area contributed by atoms with Gasteiger partial charge in [0.25, 0.3) is 0 Å². The Kier molecular flexibility index (Phi) is 5.07. The van der Waals surface area contributed by atoms with Gasteiger partial charge in [0.15, 0.2) is 5.69 Å². The molecular weight excluding hydrogens is 392 g/mol. The smallest absolute Gasteiger partial charge is 0.373 e. The van der Waals surface area contributed by atoms with Crippen LogP contribution in [-0.2, 0) is 24.1 Å². The predicted molar refractivity (Wildman–Crippen MR) is 92.2 cm³/mol. The van der Waals surface area contributed by atoms with Crippen LogP contribution in [0.4, 0.5) is 18.9 Å². The first-order chi connectivity index (χ1) is 12.1. The summed E-state index contributed by atoms with van der Waals surface area (Å²) >= 11 is 11.9. The van der Waals surface area contributed by atoms with Crippen molar-refractivity contribution in [1.29, 1.82) is 0 Å². The predicted octanol–water partition coefficient (Wildman–Crippen LogP) is 4.05. The molecule has 1 aliphatic rings. The van der Waals surface area contributed by atoms with Gasteiger partial charge >= 0.3 is 6.18 Å². The molecule has 3 rings (SSSR count). The highest BCUT2D eigenvalue weighted by atomic mass is 35.5. The second-order valence-electron chi connectivity index (χ2n) is 5.98. The summed E-state index contributed by atoms with van der Waals surface area (Å²) in [7, 11) is 0. The van der Waals surface area contributed by atoms with Gasteiger partial charge in [-0.25, -0.2) is 4.98 Å². The molecule has 0 aliphatic carbocycles. The molecule has 26 heavy (non-hydrogen) atoms. The number of amides is 1. The SMILES string of the molecule is CC(Nc1ccc(Cl)cc1Cl)C(=O)N1CCn2cc(C(F)(F)F)nc2C1. The zero-order valence-electron chi connectivity index (χ0n) is 13.6. The second kappa shape index (κ2) is 7.00. The second-order valence-corrected chi connectivity index (χ2v) is 6.83. The number of hydrogen-bond acceptors (Lipinski definition) is 3. The van der Waals surface area contributed by atoms with E-state index >= 15 is 0 Å². The van der Waals surface area contributed by atoms with Crippen molar-refractivity contribution in [2.75, 3.05) is 11.9 Å². The number of nitrogens with one attached hydrogen (secondary N) is 1. The average molecular weight is 407 g/mol. The number of fused-ring (bicyclic) bond motifs is 1. The molecule has 2 heterocycles. The number of benzene rings is 1. The van der Waals surface area contributed by atoms with Crippen molar-refractivity contribution in [2.45, 2.75) is 32.2 Å². The summed E-state index contributed by atoms with van der Waals surface area (Å²) < 4.78 is 39.8. The van der Waals surface area contributed by atoms with Crippen LogP contribution in [0.5, 0.6) is 0 Å². The van der Waals surface area contributed by atoms with Crippen LogP contribution in [0.1, 0.15) is 18.4 Å². The minimum absolute atomic E-state index is 0.0231. The third-order valence-corrected chi connectivity index (χ3v) is 4.63. The van der Waals surface area contributed by atoms with E-state index in [4.69, 9.17) is 23.2 Å². The summed E-state index contributed by atoms with van der Waals surface area (Å²) in [6.45, 7) is 2.25. The molecule has 0 spiro atoms. The van der Waals surface area contributed by atoms with Crippen LogP contribution in [0, 0.1) is 0 Å². The van der Waals surface area contributed by atoms with E-state index in [1.807, 2.05) is 0 Å². The number of hydrogen-bond donors (Lipinski definition) is 1. The zero-order valence-corrected chi connectivity index (χ0v) is 15.2. The quantitative estimate of drug-likeness (QED) is 0.836. The molecular formula is C16H15Cl2F3N4O. The van der Waals surface area contributed by atoms with Crippen LogP contribution in [-0.4, -0.2) is 32.9 Å². The van der Waals surface area contributed by atoms with E-state index in [9.17, 15) is 18.0 Å². The lowest BCUT2D eigenvalue weighted by atomic mass is 10.2. The molecule has 0 radical (unpaired) electrons. The van der Waals surface area contributed by atoms with Crippen molar-refractivity contribution in [1.82, 2.24) is 14.5 Å². The highest BCUT2D eigenvalue weighted by Gasteiger charge is 2.36. The Balaban J connectivity index is 1.69. The normalized spacial score (nSPS) is 15.5. The molecule has 1 aromatic carbocycles. The summed E-state index contributed by atoms with van der Waals surface area (Å²) in [6, 6.07) is 4.24. The van der Waals surface area contributed by atoms with Crippen molar-refractivity contribution in [3.05, 3.63) is 46.0 Å². The topological polar surface area (TPSA) is 50.2 Å². The molecule has 1 unspecified atom stereocenters. The van der Waals surface area contributed by atoms with Gasteiger partial charge in [0, 0.05) is 24.3 Å². The third kappa shape index (κ3) is 3.91. The molecule has 1 aromatic heterocycles. The molecule has 0 saturated heterocycles. The lowest BCUT2D eigenvalue weighted by Gasteiger charge is -2.30. The van der Waals surface area contributed by atoms with Gasteiger partial charge in [0.05, 0.1) is 17.3 Å². The number of halogens is 5. The molecule has 0 bridgehead atoms. The van der Waals surface area contributed by atoms with Gasteiger partial charge in [-0.2, -0.15) is 13.2 Å². The third-order valence-electron chi connectivity index (χ3n) is 4.08. The van der Waals surface area contributed by atoms with E-state index in [1.165, 1.54) is 9.47 Å². The number of carbonyl (C=O) groups excluding carboxylic acids is 1. The van der Waals surface area contributed by atoms with Crippen LogP contribution in [0.25, 0.3) is 0 Å². The average Bonchev–Trinajstić information content (AvgIpc) is 3.00. The van der Waals surface area contributed by atoms with Crippen molar-refractivity contribution < 1.29 is 18.0 Å². The molecule has 140 valence electrons. The summed E-state index contributed by atoms with van der Waals surface area (Å²) in [6.07, 6.45) is -3.52. The molecule has 0 saturated carbocycles. The molecule has 2 aromatic rings. The first-order valence-corrected chi connectivity index (χ1v) is 8.54. The molecule has 1 amide bonds. The van der Waals surface area contributed by atoms with Crippen molar-refractivity contribution in [3.8, 4) is 0 Å². The number of anilines is 1. The standard InChI is InChI=1S/C16H15Cl2F3N4O/c1-9(22-12-3-2-10(17)6-11(12)18)15(26)25-5-4-24-7-13(16(19,20)21)23-14(24)8-25/h2-3,6-7,9,22H,4-5,8H2,1H3. The van der Waals surface area contributed by atoms with Crippen LogP contribution < -0.4 is 5.32 Å². The molecule has 10 heteroatoms. The zero-order chi connectivity index (χ0) is 19.1. The Hall–Kier alpha value is -1.93. The minimum Gasteiger partial charge on any atom is -0.373 e. The van der Waals surface area contributed by atoms with Crippen LogP contribution >= 0.6 is 23.2 Å². The van der Waals surface area contributed by atoms with Crippen molar-refractivity contribution in [2.24, 2.45) is 0 Å². The minimum atomic E-state index is -4.50.